The summed E-state index contributed by atoms with van der Waals surface area (Å²) in [5.41, 5.74) is 2.77. The number of aryl methyl sites for hydroxylation is 1. The molecule has 2 aromatic rings. The standard InChI is InChI=1S/C14H17BrN4O/c1-4-18-7-12(14(17-18)20-3)9(2)11-8-19(10-5-6-10)16-13(11)15/h7-8,10H,2,4-6H2,1,3H3. The van der Waals surface area contributed by atoms with Crippen molar-refractivity contribution in [2.45, 2.75) is 32.4 Å². The molecule has 0 amide bonds. The summed E-state index contributed by atoms with van der Waals surface area (Å²) in [6.45, 7) is 7.03. The van der Waals surface area contributed by atoms with E-state index in [1.54, 1.807) is 7.11 Å². The Balaban J connectivity index is 1.97. The first-order valence-electron chi connectivity index (χ1n) is 6.69. The van der Waals surface area contributed by atoms with E-state index in [2.05, 4.69) is 32.7 Å². The van der Waals surface area contributed by atoms with Crippen LogP contribution in [0.1, 0.15) is 36.9 Å². The van der Waals surface area contributed by atoms with E-state index in [0.717, 1.165) is 27.8 Å². The lowest BCUT2D eigenvalue weighted by Gasteiger charge is -2.03. The molecular formula is C14H17BrN4O. The minimum atomic E-state index is 0.549. The molecule has 6 heteroatoms. The highest BCUT2D eigenvalue weighted by Crippen LogP contribution is 2.38. The lowest BCUT2D eigenvalue weighted by Crippen LogP contribution is -1.94. The van der Waals surface area contributed by atoms with Crippen molar-refractivity contribution in [1.82, 2.24) is 19.6 Å². The molecule has 2 aromatic heterocycles. The number of methoxy groups -OCH3 is 1. The van der Waals surface area contributed by atoms with Crippen LogP contribution < -0.4 is 4.74 Å². The number of hydrogen-bond acceptors (Lipinski definition) is 3. The third-order valence-electron chi connectivity index (χ3n) is 3.50. The summed E-state index contributed by atoms with van der Waals surface area (Å²) in [4.78, 5) is 0. The maximum atomic E-state index is 5.34. The van der Waals surface area contributed by atoms with Gasteiger partial charge in [0.25, 0.3) is 0 Å². The minimum absolute atomic E-state index is 0.549. The summed E-state index contributed by atoms with van der Waals surface area (Å²) in [5, 5.41) is 8.87. The van der Waals surface area contributed by atoms with E-state index in [1.165, 1.54) is 12.8 Å². The highest BCUT2D eigenvalue weighted by Gasteiger charge is 2.26. The Bertz CT molecular complexity index is 654. The first kappa shape index (κ1) is 13.4. The van der Waals surface area contributed by atoms with E-state index in [1.807, 2.05) is 28.7 Å². The predicted molar refractivity (Wildman–Crippen MR) is 80.8 cm³/mol. The van der Waals surface area contributed by atoms with Gasteiger partial charge in [0.15, 0.2) is 0 Å². The summed E-state index contributed by atoms with van der Waals surface area (Å²) in [6, 6.07) is 0.549. The molecule has 2 heterocycles. The number of nitrogens with zero attached hydrogens (tertiary/aromatic N) is 4. The van der Waals surface area contributed by atoms with Crippen LogP contribution in [0.3, 0.4) is 0 Å². The molecule has 0 aliphatic heterocycles. The molecule has 0 saturated heterocycles. The largest absolute Gasteiger partial charge is 0.479 e. The third-order valence-corrected chi connectivity index (χ3v) is 4.09. The number of rotatable bonds is 5. The fourth-order valence-electron chi connectivity index (χ4n) is 2.17. The molecule has 3 rings (SSSR count). The lowest BCUT2D eigenvalue weighted by atomic mass is 10.1. The molecule has 106 valence electrons. The van der Waals surface area contributed by atoms with E-state index in [0.29, 0.717) is 11.9 Å². The fourth-order valence-corrected chi connectivity index (χ4v) is 2.69. The monoisotopic (exact) mass is 336 g/mol. The zero-order chi connectivity index (χ0) is 14.3. The molecule has 5 nitrogen and oxygen atoms in total. The van der Waals surface area contributed by atoms with Crippen LogP contribution in [0.4, 0.5) is 0 Å². The SMILES string of the molecule is C=C(c1cn(C2CC2)nc1Br)c1cn(CC)nc1OC. The van der Waals surface area contributed by atoms with Gasteiger partial charge in [-0.05, 0) is 41.3 Å². The molecule has 0 radical (unpaired) electrons. The number of ether oxygens (including phenoxy) is 1. The van der Waals surface area contributed by atoms with Crippen LogP contribution in [0.5, 0.6) is 5.88 Å². The molecule has 1 aliphatic carbocycles. The Morgan fingerprint density at radius 3 is 2.75 bits per heavy atom. The molecule has 0 bridgehead atoms. The number of halogens is 1. The lowest BCUT2D eigenvalue weighted by molar-refractivity contribution is 0.388. The Labute approximate surface area is 126 Å². The van der Waals surface area contributed by atoms with Crippen molar-refractivity contribution in [3.8, 4) is 5.88 Å². The van der Waals surface area contributed by atoms with Crippen LogP contribution in [-0.4, -0.2) is 26.7 Å². The van der Waals surface area contributed by atoms with E-state index < -0.39 is 0 Å². The van der Waals surface area contributed by atoms with Gasteiger partial charge in [0, 0.05) is 24.5 Å². The van der Waals surface area contributed by atoms with Crippen molar-refractivity contribution >= 4 is 21.5 Å². The third kappa shape index (κ3) is 2.28. The summed E-state index contributed by atoms with van der Waals surface area (Å²) < 4.78 is 10.0. The Kier molecular flexibility index (Phi) is 3.41. The van der Waals surface area contributed by atoms with Gasteiger partial charge in [-0.2, -0.15) is 5.10 Å². The van der Waals surface area contributed by atoms with Gasteiger partial charge in [-0.3, -0.25) is 9.36 Å². The summed E-state index contributed by atoms with van der Waals surface area (Å²) >= 11 is 3.52. The van der Waals surface area contributed by atoms with E-state index >= 15 is 0 Å². The van der Waals surface area contributed by atoms with Gasteiger partial charge in [-0.15, -0.1) is 5.10 Å². The smallest absolute Gasteiger partial charge is 0.240 e. The molecule has 1 saturated carbocycles. The zero-order valence-electron chi connectivity index (χ0n) is 11.6. The van der Waals surface area contributed by atoms with Crippen molar-refractivity contribution in [3.63, 3.8) is 0 Å². The van der Waals surface area contributed by atoms with Crippen molar-refractivity contribution in [1.29, 1.82) is 0 Å². The van der Waals surface area contributed by atoms with Crippen molar-refractivity contribution in [3.05, 3.63) is 34.7 Å². The summed E-state index contributed by atoms with van der Waals surface area (Å²) in [6.07, 6.45) is 6.42. The van der Waals surface area contributed by atoms with Crippen LogP contribution in [0.2, 0.25) is 0 Å². The molecule has 0 unspecified atom stereocenters. The first-order chi connectivity index (χ1) is 9.63. The second-order valence-corrected chi connectivity index (χ2v) is 5.68. The first-order valence-corrected chi connectivity index (χ1v) is 7.49. The van der Waals surface area contributed by atoms with E-state index in [9.17, 15) is 0 Å². The minimum Gasteiger partial charge on any atom is -0.479 e. The van der Waals surface area contributed by atoms with Gasteiger partial charge in [-0.25, -0.2) is 0 Å². The molecule has 0 aromatic carbocycles. The molecule has 1 fully saturated rings. The highest BCUT2D eigenvalue weighted by molar-refractivity contribution is 9.10. The van der Waals surface area contributed by atoms with Crippen LogP contribution in [0.25, 0.3) is 5.57 Å². The molecule has 0 N–H and O–H groups in total. The maximum absolute atomic E-state index is 5.34. The van der Waals surface area contributed by atoms with Crippen LogP contribution in [0.15, 0.2) is 23.6 Å². The second kappa shape index (κ2) is 5.09. The number of hydrogen-bond donors (Lipinski definition) is 0. The average molecular weight is 337 g/mol. The van der Waals surface area contributed by atoms with Crippen molar-refractivity contribution < 1.29 is 4.74 Å². The van der Waals surface area contributed by atoms with Gasteiger partial charge in [-0.1, -0.05) is 6.58 Å². The average Bonchev–Trinajstić information content (AvgIpc) is 3.10. The molecule has 0 spiro atoms. The van der Waals surface area contributed by atoms with Gasteiger partial charge in [0.05, 0.1) is 18.7 Å². The van der Waals surface area contributed by atoms with Crippen LogP contribution in [0, 0.1) is 0 Å². The summed E-state index contributed by atoms with van der Waals surface area (Å²) in [7, 11) is 1.63. The molecule has 1 aliphatic rings. The fraction of sp³-hybridized carbons (Fsp3) is 0.429. The predicted octanol–water partition coefficient (Wildman–Crippen LogP) is 3.27. The summed E-state index contributed by atoms with van der Waals surface area (Å²) in [5.74, 6) is 0.600. The van der Waals surface area contributed by atoms with Crippen LogP contribution in [-0.2, 0) is 6.54 Å². The maximum Gasteiger partial charge on any atom is 0.240 e. The van der Waals surface area contributed by atoms with Gasteiger partial charge < -0.3 is 4.74 Å². The Morgan fingerprint density at radius 1 is 1.40 bits per heavy atom. The van der Waals surface area contributed by atoms with Gasteiger partial charge in [0.1, 0.15) is 4.60 Å². The van der Waals surface area contributed by atoms with Crippen molar-refractivity contribution in [2.75, 3.05) is 7.11 Å². The topological polar surface area (TPSA) is 44.9 Å². The Hall–Kier alpha value is -1.56. The quantitative estimate of drug-likeness (QED) is 0.841. The second-order valence-electron chi connectivity index (χ2n) is 4.93. The molecule has 0 atom stereocenters. The number of aromatic nitrogens is 4. The van der Waals surface area contributed by atoms with Gasteiger partial charge in [0.2, 0.25) is 5.88 Å². The molecular weight excluding hydrogens is 320 g/mol. The van der Waals surface area contributed by atoms with E-state index in [-0.39, 0.29) is 0 Å². The highest BCUT2D eigenvalue weighted by atomic mass is 79.9. The normalized spacial score (nSPS) is 14.6. The Morgan fingerprint density at radius 2 is 2.15 bits per heavy atom. The van der Waals surface area contributed by atoms with Crippen LogP contribution >= 0.6 is 15.9 Å². The van der Waals surface area contributed by atoms with Crippen molar-refractivity contribution in [2.24, 2.45) is 0 Å². The zero-order valence-corrected chi connectivity index (χ0v) is 13.2. The molecule has 20 heavy (non-hydrogen) atoms. The van der Waals surface area contributed by atoms with Gasteiger partial charge >= 0.3 is 0 Å². The van der Waals surface area contributed by atoms with E-state index in [4.69, 9.17) is 4.74 Å².